The minimum atomic E-state index is -3.76. The largest absolute Gasteiger partial charge is 0.489 e. The van der Waals surface area contributed by atoms with Crippen LogP contribution >= 0.6 is 31.9 Å². The zero-order valence-corrected chi connectivity index (χ0v) is 15.7. The van der Waals surface area contributed by atoms with Crippen LogP contribution in [-0.4, -0.2) is 21.6 Å². The second-order valence-corrected chi connectivity index (χ2v) is 7.81. The van der Waals surface area contributed by atoms with Crippen LogP contribution in [0.1, 0.15) is 5.56 Å². The van der Waals surface area contributed by atoms with Gasteiger partial charge in [0, 0.05) is 0 Å². The Morgan fingerprint density at radius 2 is 1.55 bits per heavy atom. The van der Waals surface area contributed by atoms with Crippen molar-refractivity contribution in [1.29, 1.82) is 0 Å². The van der Waals surface area contributed by atoms with Crippen LogP contribution in [0.25, 0.3) is 0 Å². The minimum absolute atomic E-state index is 0.0655. The summed E-state index contributed by atoms with van der Waals surface area (Å²) in [5.74, 6) is 0.610. The summed E-state index contributed by atoms with van der Waals surface area (Å²) in [4.78, 5) is 0.139. The molecule has 118 valence electrons. The number of hydrogen-bond acceptors (Lipinski definition) is 4. The highest BCUT2D eigenvalue weighted by Gasteiger charge is 2.15. The monoisotopic (exact) mass is 448 g/mol. The van der Waals surface area contributed by atoms with Crippen molar-refractivity contribution in [3.05, 3.63) is 57.0 Å². The van der Waals surface area contributed by atoms with Gasteiger partial charge in [0.1, 0.15) is 19.0 Å². The van der Waals surface area contributed by atoms with Gasteiger partial charge in [-0.2, -0.15) is 8.42 Å². The predicted octanol–water partition coefficient (Wildman–Crippen LogP) is 4.30. The van der Waals surface area contributed by atoms with Crippen LogP contribution in [0.5, 0.6) is 5.75 Å². The van der Waals surface area contributed by atoms with Gasteiger partial charge >= 0.3 is 0 Å². The number of ether oxygens (including phenoxy) is 1. The highest BCUT2D eigenvalue weighted by Crippen LogP contribution is 2.32. The topological polar surface area (TPSA) is 52.6 Å². The fraction of sp³-hybridized carbons (Fsp3) is 0.200. The van der Waals surface area contributed by atoms with Crippen molar-refractivity contribution in [3.8, 4) is 5.75 Å². The zero-order valence-electron chi connectivity index (χ0n) is 11.8. The number of rotatable bonds is 6. The third-order valence-corrected chi connectivity index (χ3v) is 5.37. The molecule has 2 aromatic carbocycles. The molecule has 0 bridgehead atoms. The first-order valence-corrected chi connectivity index (χ1v) is 9.42. The highest BCUT2D eigenvalue weighted by molar-refractivity contribution is 9.11. The van der Waals surface area contributed by atoms with Gasteiger partial charge in [-0.05, 0) is 63.0 Å². The first-order chi connectivity index (χ1) is 10.4. The second kappa shape index (κ2) is 7.59. The average Bonchev–Trinajstić information content (AvgIpc) is 2.46. The molecule has 0 amide bonds. The van der Waals surface area contributed by atoms with Crippen LogP contribution in [0.15, 0.2) is 56.3 Å². The molecular weight excluding hydrogens is 436 g/mol. The Morgan fingerprint density at radius 3 is 2.14 bits per heavy atom. The molecule has 4 nitrogen and oxygen atoms in total. The van der Waals surface area contributed by atoms with Crippen LogP contribution < -0.4 is 4.74 Å². The Morgan fingerprint density at radius 1 is 0.955 bits per heavy atom. The van der Waals surface area contributed by atoms with E-state index in [9.17, 15) is 8.42 Å². The van der Waals surface area contributed by atoms with Crippen LogP contribution in [0, 0.1) is 6.92 Å². The molecule has 0 aliphatic rings. The Hall–Kier alpha value is -0.890. The van der Waals surface area contributed by atoms with E-state index in [1.807, 2.05) is 25.1 Å². The molecule has 0 fully saturated rings. The first-order valence-electron chi connectivity index (χ1n) is 6.43. The molecule has 0 aliphatic heterocycles. The van der Waals surface area contributed by atoms with Gasteiger partial charge in [-0.3, -0.25) is 4.18 Å². The zero-order chi connectivity index (χ0) is 16.2. The van der Waals surface area contributed by atoms with Crippen molar-refractivity contribution in [1.82, 2.24) is 0 Å². The van der Waals surface area contributed by atoms with Gasteiger partial charge < -0.3 is 4.74 Å². The van der Waals surface area contributed by atoms with Crippen molar-refractivity contribution >= 4 is 42.0 Å². The van der Waals surface area contributed by atoms with Gasteiger partial charge in [0.2, 0.25) is 0 Å². The summed E-state index contributed by atoms with van der Waals surface area (Å²) in [5, 5.41) is 0. The fourth-order valence-corrected chi connectivity index (χ4v) is 3.80. The number of para-hydroxylation sites is 1. The van der Waals surface area contributed by atoms with E-state index in [1.165, 1.54) is 12.1 Å². The van der Waals surface area contributed by atoms with E-state index in [2.05, 4.69) is 31.9 Å². The molecule has 2 rings (SSSR count). The third kappa shape index (κ3) is 4.55. The lowest BCUT2D eigenvalue weighted by Gasteiger charge is -2.10. The van der Waals surface area contributed by atoms with Gasteiger partial charge in [-0.25, -0.2) is 0 Å². The van der Waals surface area contributed by atoms with Crippen LogP contribution in [0.2, 0.25) is 0 Å². The summed E-state index contributed by atoms with van der Waals surface area (Å²) in [6.07, 6.45) is 0. The lowest BCUT2D eigenvalue weighted by atomic mass is 10.2. The molecule has 0 N–H and O–H groups in total. The Kier molecular flexibility index (Phi) is 6.02. The van der Waals surface area contributed by atoms with Gasteiger partial charge in [0.05, 0.1) is 13.8 Å². The Balaban J connectivity index is 1.92. The maximum Gasteiger partial charge on any atom is 0.297 e. The molecule has 0 saturated heterocycles. The molecule has 0 aromatic heterocycles. The van der Waals surface area contributed by atoms with Gasteiger partial charge in [-0.15, -0.1) is 0 Å². The molecule has 0 saturated carbocycles. The standard InChI is InChI=1S/C15H14Br2O4S/c1-11-5-7-12(8-6-11)22(18,19)21-10-9-20-15-13(16)3-2-4-14(15)17/h2-8H,9-10H2,1H3. The normalized spacial score (nSPS) is 11.4. The first kappa shape index (κ1) is 17.5. The summed E-state index contributed by atoms with van der Waals surface area (Å²) in [6, 6.07) is 12.0. The van der Waals surface area contributed by atoms with Crippen molar-refractivity contribution in [2.75, 3.05) is 13.2 Å². The lowest BCUT2D eigenvalue weighted by Crippen LogP contribution is -2.13. The van der Waals surface area contributed by atoms with Crippen molar-refractivity contribution in [3.63, 3.8) is 0 Å². The second-order valence-electron chi connectivity index (χ2n) is 4.49. The van der Waals surface area contributed by atoms with E-state index in [0.29, 0.717) is 5.75 Å². The quantitative estimate of drug-likeness (QED) is 0.487. The predicted molar refractivity (Wildman–Crippen MR) is 91.7 cm³/mol. The molecule has 0 aliphatic carbocycles. The highest BCUT2D eigenvalue weighted by atomic mass is 79.9. The van der Waals surface area contributed by atoms with Gasteiger partial charge in [0.25, 0.3) is 10.1 Å². The summed E-state index contributed by atoms with van der Waals surface area (Å²) >= 11 is 6.74. The number of aryl methyl sites for hydroxylation is 1. The fourth-order valence-electron chi connectivity index (χ4n) is 1.68. The molecule has 0 spiro atoms. The van der Waals surface area contributed by atoms with Gasteiger partial charge in [0.15, 0.2) is 0 Å². The molecule has 2 aromatic rings. The summed E-state index contributed by atoms with van der Waals surface area (Å²) in [5.41, 5.74) is 0.987. The Bertz CT molecular complexity index is 722. The Labute approximate surface area is 146 Å². The molecular formula is C15H14Br2O4S. The van der Waals surface area contributed by atoms with Crippen molar-refractivity contribution < 1.29 is 17.3 Å². The van der Waals surface area contributed by atoms with E-state index < -0.39 is 10.1 Å². The van der Waals surface area contributed by atoms with Crippen molar-refractivity contribution in [2.24, 2.45) is 0 Å². The van der Waals surface area contributed by atoms with E-state index >= 15 is 0 Å². The number of halogens is 2. The number of benzene rings is 2. The molecule has 22 heavy (non-hydrogen) atoms. The van der Waals surface area contributed by atoms with E-state index in [-0.39, 0.29) is 18.1 Å². The molecule has 0 heterocycles. The van der Waals surface area contributed by atoms with Crippen LogP contribution in [0.4, 0.5) is 0 Å². The average molecular weight is 450 g/mol. The van der Waals surface area contributed by atoms with Crippen molar-refractivity contribution in [2.45, 2.75) is 11.8 Å². The van der Waals surface area contributed by atoms with E-state index in [0.717, 1.165) is 14.5 Å². The SMILES string of the molecule is Cc1ccc(S(=O)(=O)OCCOc2c(Br)cccc2Br)cc1. The van der Waals surface area contributed by atoms with E-state index in [1.54, 1.807) is 12.1 Å². The lowest BCUT2D eigenvalue weighted by molar-refractivity contribution is 0.219. The third-order valence-electron chi connectivity index (χ3n) is 2.80. The smallest absolute Gasteiger partial charge is 0.297 e. The van der Waals surface area contributed by atoms with Gasteiger partial charge in [-0.1, -0.05) is 23.8 Å². The maximum atomic E-state index is 12.0. The van der Waals surface area contributed by atoms with Crippen LogP contribution in [-0.2, 0) is 14.3 Å². The van der Waals surface area contributed by atoms with E-state index in [4.69, 9.17) is 8.92 Å². The summed E-state index contributed by atoms with van der Waals surface area (Å²) in [6.45, 7) is 1.94. The maximum absolute atomic E-state index is 12.0. The van der Waals surface area contributed by atoms with Crippen LogP contribution in [0.3, 0.4) is 0 Å². The molecule has 7 heteroatoms. The summed E-state index contributed by atoms with van der Waals surface area (Å²) < 4.78 is 36.1. The molecule has 0 radical (unpaired) electrons. The summed E-state index contributed by atoms with van der Waals surface area (Å²) in [7, 11) is -3.76. The number of hydrogen-bond donors (Lipinski definition) is 0. The molecule has 0 unspecified atom stereocenters. The molecule has 0 atom stereocenters. The minimum Gasteiger partial charge on any atom is -0.489 e.